The molecule has 2 aromatic heterocycles. The highest BCUT2D eigenvalue weighted by molar-refractivity contribution is 7.15. The first kappa shape index (κ1) is 13.1. The summed E-state index contributed by atoms with van der Waals surface area (Å²) in [6, 6.07) is 0. The summed E-state index contributed by atoms with van der Waals surface area (Å²) in [4.78, 5) is 4.25. The van der Waals surface area contributed by atoms with E-state index in [2.05, 4.69) is 9.72 Å². The summed E-state index contributed by atoms with van der Waals surface area (Å²) in [5, 5.41) is 10.8. The maximum atomic E-state index is 12.7. The van der Waals surface area contributed by atoms with Gasteiger partial charge in [-0.15, -0.1) is 11.3 Å². The molecule has 0 saturated carbocycles. The maximum absolute atomic E-state index is 12.7. The molecule has 2 heterocycles. The Morgan fingerprint density at radius 2 is 2.22 bits per heavy atom. The summed E-state index contributed by atoms with van der Waals surface area (Å²) in [5.74, 6) is -4.51. The van der Waals surface area contributed by atoms with Crippen LogP contribution in [0.4, 0.5) is 17.6 Å². The molecule has 0 aliphatic heterocycles. The highest BCUT2D eigenvalue weighted by Crippen LogP contribution is 2.27. The van der Waals surface area contributed by atoms with Crippen LogP contribution >= 0.6 is 11.3 Å². The summed E-state index contributed by atoms with van der Waals surface area (Å²) in [6.45, 7) is -1.98. The van der Waals surface area contributed by atoms with Gasteiger partial charge in [-0.3, -0.25) is 4.40 Å². The van der Waals surface area contributed by atoms with Gasteiger partial charge in [0.25, 0.3) is 0 Å². The van der Waals surface area contributed by atoms with E-state index >= 15 is 0 Å². The second kappa shape index (κ2) is 4.73. The molecule has 2 aromatic rings. The molecule has 0 aromatic carbocycles. The van der Waals surface area contributed by atoms with Crippen molar-refractivity contribution in [3.8, 4) is 5.88 Å². The van der Waals surface area contributed by atoms with Crippen LogP contribution in [-0.4, -0.2) is 33.4 Å². The van der Waals surface area contributed by atoms with Crippen LogP contribution < -0.4 is 4.74 Å². The summed E-state index contributed by atoms with van der Waals surface area (Å²) >= 11 is 1.20. The van der Waals surface area contributed by atoms with E-state index < -0.39 is 25.6 Å². The van der Waals surface area contributed by atoms with E-state index in [-0.39, 0.29) is 11.6 Å². The Bertz CT molecular complexity index is 540. The van der Waals surface area contributed by atoms with Crippen LogP contribution in [0.3, 0.4) is 0 Å². The first-order chi connectivity index (χ1) is 8.45. The summed E-state index contributed by atoms with van der Waals surface area (Å²) in [5.41, 5.74) is 0.149. The molecule has 0 bridgehead atoms. The lowest BCUT2D eigenvalue weighted by Crippen LogP contribution is -2.34. The number of nitrogens with zero attached hydrogens (tertiary/aromatic N) is 2. The molecule has 100 valence electrons. The molecule has 0 atom stereocenters. The van der Waals surface area contributed by atoms with Gasteiger partial charge in [-0.1, -0.05) is 0 Å². The number of aliphatic hydroxyl groups excluding tert-OH is 1. The van der Waals surface area contributed by atoms with Crippen molar-refractivity contribution in [3.05, 3.63) is 17.3 Å². The Balaban J connectivity index is 2.19. The average Bonchev–Trinajstić information content (AvgIpc) is 2.85. The number of halogens is 4. The van der Waals surface area contributed by atoms with E-state index in [1.54, 1.807) is 11.6 Å². The second-order valence-electron chi connectivity index (χ2n) is 3.43. The number of fused-ring (bicyclic) bond motifs is 1. The zero-order valence-corrected chi connectivity index (χ0v) is 9.63. The fourth-order valence-corrected chi connectivity index (χ4v) is 2.02. The molecule has 0 aliphatic rings. The fraction of sp³-hybridized carbons (Fsp3) is 0.444. The minimum atomic E-state index is -4.25. The fourth-order valence-electron chi connectivity index (χ4n) is 1.30. The molecule has 0 fully saturated rings. The van der Waals surface area contributed by atoms with Crippen molar-refractivity contribution in [1.29, 1.82) is 0 Å². The van der Waals surface area contributed by atoms with E-state index in [0.29, 0.717) is 4.96 Å². The number of rotatable bonds is 5. The van der Waals surface area contributed by atoms with Gasteiger partial charge in [-0.05, 0) is 0 Å². The van der Waals surface area contributed by atoms with E-state index in [0.717, 1.165) is 0 Å². The highest BCUT2D eigenvalue weighted by atomic mass is 32.1. The number of aliphatic hydroxyl groups is 1. The van der Waals surface area contributed by atoms with Gasteiger partial charge in [0, 0.05) is 11.6 Å². The smallest absolute Gasteiger partial charge is 0.340 e. The largest absolute Gasteiger partial charge is 0.470 e. The molecule has 1 N–H and O–H groups in total. The first-order valence-corrected chi connectivity index (χ1v) is 5.67. The van der Waals surface area contributed by atoms with E-state index in [1.165, 1.54) is 15.7 Å². The Morgan fingerprint density at radius 3 is 2.83 bits per heavy atom. The lowest BCUT2D eigenvalue weighted by Gasteiger charge is -2.15. The van der Waals surface area contributed by atoms with Crippen molar-refractivity contribution in [3.63, 3.8) is 0 Å². The molecule has 0 spiro atoms. The number of ether oxygens (including phenoxy) is 1. The second-order valence-corrected chi connectivity index (χ2v) is 4.30. The maximum Gasteiger partial charge on any atom is 0.340 e. The van der Waals surface area contributed by atoms with Gasteiger partial charge in [0.15, 0.2) is 11.6 Å². The molecule has 0 amide bonds. The molecule has 0 unspecified atom stereocenters. The topological polar surface area (TPSA) is 46.8 Å². The quantitative estimate of drug-likeness (QED) is 0.856. The molecule has 4 nitrogen and oxygen atoms in total. The predicted octanol–water partition coefficient (Wildman–Crippen LogP) is 2.17. The zero-order chi connectivity index (χ0) is 13.3. The zero-order valence-electron chi connectivity index (χ0n) is 8.82. The predicted molar refractivity (Wildman–Crippen MR) is 55.4 cm³/mol. The average molecular weight is 284 g/mol. The van der Waals surface area contributed by atoms with E-state index in [9.17, 15) is 17.6 Å². The van der Waals surface area contributed by atoms with Crippen LogP contribution in [0.2, 0.25) is 0 Å². The minimum Gasteiger partial charge on any atom is -0.470 e. The number of thiazole rings is 1. The van der Waals surface area contributed by atoms with Crippen molar-refractivity contribution in [2.24, 2.45) is 0 Å². The summed E-state index contributed by atoms with van der Waals surface area (Å²) in [6.07, 6.45) is -2.24. The third-order valence-corrected chi connectivity index (χ3v) is 2.95. The van der Waals surface area contributed by atoms with E-state index in [1.807, 2.05) is 0 Å². The van der Waals surface area contributed by atoms with Crippen molar-refractivity contribution >= 4 is 16.3 Å². The van der Waals surface area contributed by atoms with Crippen LogP contribution in [0.25, 0.3) is 4.96 Å². The highest BCUT2D eigenvalue weighted by Gasteiger charge is 2.42. The Labute approximate surface area is 102 Å². The lowest BCUT2D eigenvalue weighted by atomic mass is 10.4. The van der Waals surface area contributed by atoms with Gasteiger partial charge in [0.1, 0.15) is 5.69 Å². The first-order valence-electron chi connectivity index (χ1n) is 4.79. The molecule has 2 rings (SSSR count). The SMILES string of the molecule is OCc1c(OCC(F)(F)C(F)F)nc2sccn12. The number of alkyl halides is 4. The molecule has 0 saturated heterocycles. The van der Waals surface area contributed by atoms with Crippen molar-refractivity contribution in [2.75, 3.05) is 6.61 Å². The molecule has 18 heavy (non-hydrogen) atoms. The van der Waals surface area contributed by atoms with Gasteiger partial charge < -0.3 is 9.84 Å². The number of imidazole rings is 1. The van der Waals surface area contributed by atoms with Gasteiger partial charge in [0.2, 0.25) is 5.88 Å². The Kier molecular flexibility index (Phi) is 3.44. The molecule has 9 heteroatoms. The van der Waals surface area contributed by atoms with Crippen LogP contribution in [0.15, 0.2) is 11.6 Å². The number of hydrogen-bond acceptors (Lipinski definition) is 4. The van der Waals surface area contributed by atoms with Crippen molar-refractivity contribution < 1.29 is 27.4 Å². The van der Waals surface area contributed by atoms with E-state index in [4.69, 9.17) is 5.11 Å². The van der Waals surface area contributed by atoms with Crippen LogP contribution in [-0.2, 0) is 6.61 Å². The molecular formula is C9H8F4N2O2S. The van der Waals surface area contributed by atoms with Crippen LogP contribution in [0.1, 0.15) is 5.69 Å². The monoisotopic (exact) mass is 284 g/mol. The number of hydrogen-bond donors (Lipinski definition) is 1. The normalized spacial score (nSPS) is 12.6. The van der Waals surface area contributed by atoms with Crippen LogP contribution in [0.5, 0.6) is 5.88 Å². The molecule has 0 aliphatic carbocycles. The molecular weight excluding hydrogens is 276 g/mol. The molecule has 0 radical (unpaired) electrons. The van der Waals surface area contributed by atoms with Gasteiger partial charge in [-0.2, -0.15) is 13.8 Å². The Hall–Kier alpha value is -1.35. The van der Waals surface area contributed by atoms with Crippen LogP contribution in [0, 0.1) is 0 Å². The summed E-state index contributed by atoms with van der Waals surface area (Å²) in [7, 11) is 0. The minimum absolute atomic E-state index is 0.149. The standard InChI is InChI=1S/C9H8F4N2O2S/c10-7(11)9(12,13)4-17-6-5(3-16)15-1-2-18-8(15)14-6/h1-2,7,16H,3-4H2. The summed E-state index contributed by atoms with van der Waals surface area (Å²) < 4.78 is 55.3. The lowest BCUT2D eigenvalue weighted by molar-refractivity contribution is -0.148. The number of aromatic nitrogens is 2. The van der Waals surface area contributed by atoms with Gasteiger partial charge >= 0.3 is 12.3 Å². The van der Waals surface area contributed by atoms with Crippen molar-refractivity contribution in [2.45, 2.75) is 19.0 Å². The third kappa shape index (κ3) is 2.27. The van der Waals surface area contributed by atoms with Gasteiger partial charge in [-0.25, -0.2) is 8.78 Å². The van der Waals surface area contributed by atoms with Gasteiger partial charge in [0.05, 0.1) is 6.61 Å². The third-order valence-electron chi connectivity index (χ3n) is 2.19. The van der Waals surface area contributed by atoms with Crippen molar-refractivity contribution in [1.82, 2.24) is 9.38 Å². The Morgan fingerprint density at radius 1 is 1.50 bits per heavy atom.